The molecular weight excluding hydrogens is 288 g/mol. The summed E-state index contributed by atoms with van der Waals surface area (Å²) in [4.78, 5) is 24.5. The summed E-state index contributed by atoms with van der Waals surface area (Å²) in [6.07, 6.45) is 4.41. The smallest absolute Gasteiger partial charge is 0.221 e. The van der Waals surface area contributed by atoms with Gasteiger partial charge in [0.15, 0.2) is 5.65 Å². The lowest BCUT2D eigenvalue weighted by molar-refractivity contribution is -0.114. The number of benzene rings is 1. The minimum absolute atomic E-state index is 0.0862. The summed E-state index contributed by atoms with van der Waals surface area (Å²) in [5, 5.41) is 3.72. The third-order valence-corrected chi connectivity index (χ3v) is 3.67. The number of aryl methyl sites for hydroxylation is 2. The molecule has 5 heteroatoms. The van der Waals surface area contributed by atoms with E-state index in [1.807, 2.05) is 50.5 Å². The van der Waals surface area contributed by atoms with Crippen molar-refractivity contribution in [2.24, 2.45) is 0 Å². The van der Waals surface area contributed by atoms with Crippen molar-refractivity contribution < 1.29 is 4.79 Å². The highest BCUT2D eigenvalue weighted by molar-refractivity contribution is 5.90. The number of amides is 1. The number of carbonyl (C=O) groups excluding carboxylic acids is 1. The van der Waals surface area contributed by atoms with E-state index in [-0.39, 0.29) is 5.91 Å². The molecule has 0 saturated carbocycles. The van der Waals surface area contributed by atoms with Crippen molar-refractivity contribution in [1.82, 2.24) is 15.0 Å². The molecule has 0 aliphatic rings. The minimum Gasteiger partial charge on any atom is -0.326 e. The fraction of sp³-hybridized carbons (Fsp3) is 0.222. The fourth-order valence-corrected chi connectivity index (χ4v) is 2.49. The molecule has 2 aromatic heterocycles. The highest BCUT2D eigenvalue weighted by Crippen LogP contribution is 2.28. The number of pyridine rings is 1. The van der Waals surface area contributed by atoms with Gasteiger partial charge in [0.05, 0.1) is 0 Å². The Morgan fingerprint density at radius 1 is 1.17 bits per heavy atom. The largest absolute Gasteiger partial charge is 0.326 e. The molecule has 0 atom stereocenters. The molecule has 0 aliphatic heterocycles. The number of anilines is 1. The molecule has 1 N–H and O–H groups in total. The summed E-state index contributed by atoms with van der Waals surface area (Å²) in [6.45, 7) is 5.56. The van der Waals surface area contributed by atoms with Gasteiger partial charge in [-0.05, 0) is 36.2 Å². The van der Waals surface area contributed by atoms with Crippen LogP contribution in [0.3, 0.4) is 0 Å². The van der Waals surface area contributed by atoms with Crippen LogP contribution in [0.5, 0.6) is 0 Å². The average molecular weight is 306 g/mol. The van der Waals surface area contributed by atoms with E-state index in [0.717, 1.165) is 40.0 Å². The van der Waals surface area contributed by atoms with Crippen molar-refractivity contribution >= 4 is 22.6 Å². The second-order valence-corrected chi connectivity index (χ2v) is 5.49. The van der Waals surface area contributed by atoms with E-state index in [0.29, 0.717) is 5.65 Å². The van der Waals surface area contributed by atoms with Crippen LogP contribution in [-0.2, 0) is 11.2 Å². The summed E-state index contributed by atoms with van der Waals surface area (Å²) >= 11 is 0. The zero-order valence-electron chi connectivity index (χ0n) is 13.4. The topological polar surface area (TPSA) is 67.8 Å². The predicted molar refractivity (Wildman–Crippen MR) is 91.2 cm³/mol. The molecule has 3 rings (SSSR count). The van der Waals surface area contributed by atoms with Crippen molar-refractivity contribution in [2.45, 2.75) is 27.2 Å². The Morgan fingerprint density at radius 3 is 2.74 bits per heavy atom. The number of nitrogens with zero attached hydrogens (tertiary/aromatic N) is 3. The van der Waals surface area contributed by atoms with Gasteiger partial charge in [-0.2, -0.15) is 0 Å². The number of rotatable bonds is 3. The van der Waals surface area contributed by atoms with E-state index < -0.39 is 0 Å². The van der Waals surface area contributed by atoms with Crippen LogP contribution in [0, 0.1) is 6.92 Å². The van der Waals surface area contributed by atoms with Crippen molar-refractivity contribution in [3.63, 3.8) is 0 Å². The SMILES string of the molecule is CCc1ncc2cc(-c3cc(NC(C)=O)ccc3C)cnc2n1. The molecular formula is C18H18N4O. The van der Waals surface area contributed by atoms with E-state index in [1.165, 1.54) is 6.92 Å². The molecule has 0 aliphatic carbocycles. The van der Waals surface area contributed by atoms with E-state index in [2.05, 4.69) is 20.3 Å². The third kappa shape index (κ3) is 3.18. The Bertz CT molecular complexity index is 889. The Labute approximate surface area is 134 Å². The van der Waals surface area contributed by atoms with Crippen molar-refractivity contribution in [2.75, 3.05) is 5.32 Å². The molecule has 23 heavy (non-hydrogen) atoms. The molecule has 1 aromatic carbocycles. The summed E-state index contributed by atoms with van der Waals surface area (Å²) in [5.74, 6) is 0.707. The summed E-state index contributed by atoms with van der Waals surface area (Å²) in [7, 11) is 0. The number of carbonyl (C=O) groups is 1. The van der Waals surface area contributed by atoms with Crippen LogP contribution in [0.2, 0.25) is 0 Å². The van der Waals surface area contributed by atoms with Gasteiger partial charge in [-0.1, -0.05) is 13.0 Å². The van der Waals surface area contributed by atoms with Crippen LogP contribution < -0.4 is 5.32 Å². The predicted octanol–water partition coefficient (Wildman–Crippen LogP) is 3.52. The van der Waals surface area contributed by atoms with Crippen LogP contribution >= 0.6 is 0 Å². The Morgan fingerprint density at radius 2 is 2.00 bits per heavy atom. The first-order chi connectivity index (χ1) is 11.1. The molecule has 5 nitrogen and oxygen atoms in total. The molecule has 0 spiro atoms. The van der Waals surface area contributed by atoms with Crippen molar-refractivity contribution in [3.8, 4) is 11.1 Å². The van der Waals surface area contributed by atoms with Gasteiger partial charge in [-0.3, -0.25) is 4.79 Å². The molecule has 0 unspecified atom stereocenters. The second kappa shape index (κ2) is 6.12. The van der Waals surface area contributed by atoms with Crippen LogP contribution in [0.15, 0.2) is 36.7 Å². The minimum atomic E-state index is -0.0862. The lowest BCUT2D eigenvalue weighted by atomic mass is 10.0. The van der Waals surface area contributed by atoms with Crippen molar-refractivity contribution in [1.29, 1.82) is 0 Å². The lowest BCUT2D eigenvalue weighted by Crippen LogP contribution is -2.05. The first-order valence-electron chi connectivity index (χ1n) is 7.57. The summed E-state index contributed by atoms with van der Waals surface area (Å²) in [6, 6.07) is 7.87. The maximum atomic E-state index is 11.2. The van der Waals surface area contributed by atoms with Crippen LogP contribution in [0.4, 0.5) is 5.69 Å². The van der Waals surface area contributed by atoms with E-state index in [1.54, 1.807) is 0 Å². The summed E-state index contributed by atoms with van der Waals surface area (Å²) in [5.41, 5.74) is 4.61. The van der Waals surface area contributed by atoms with Gasteiger partial charge in [-0.25, -0.2) is 15.0 Å². The normalized spacial score (nSPS) is 10.7. The zero-order chi connectivity index (χ0) is 16.4. The van der Waals surface area contributed by atoms with Crippen LogP contribution in [0.25, 0.3) is 22.2 Å². The third-order valence-electron chi connectivity index (χ3n) is 3.67. The summed E-state index contributed by atoms with van der Waals surface area (Å²) < 4.78 is 0. The molecule has 0 bridgehead atoms. The van der Waals surface area contributed by atoms with Crippen LogP contribution in [-0.4, -0.2) is 20.9 Å². The van der Waals surface area contributed by atoms with Crippen LogP contribution in [0.1, 0.15) is 25.2 Å². The van der Waals surface area contributed by atoms with Gasteiger partial charge in [0.1, 0.15) is 5.82 Å². The highest BCUT2D eigenvalue weighted by atomic mass is 16.1. The molecule has 1 amide bonds. The van der Waals surface area contributed by atoms with E-state index in [9.17, 15) is 4.79 Å². The average Bonchev–Trinajstić information content (AvgIpc) is 2.55. The molecule has 0 saturated heterocycles. The molecule has 2 heterocycles. The maximum absolute atomic E-state index is 11.2. The maximum Gasteiger partial charge on any atom is 0.221 e. The number of aromatic nitrogens is 3. The Hall–Kier alpha value is -2.82. The fourth-order valence-electron chi connectivity index (χ4n) is 2.49. The van der Waals surface area contributed by atoms with E-state index >= 15 is 0 Å². The highest BCUT2D eigenvalue weighted by Gasteiger charge is 2.07. The standard InChI is InChI=1S/C18H18N4O/c1-4-17-19-10-14-7-13(9-20-18(14)22-17)16-8-15(21-12(3)23)6-5-11(16)2/h5-10H,4H2,1-3H3,(H,21,23). The number of hydrogen-bond acceptors (Lipinski definition) is 4. The Balaban J connectivity index is 2.07. The number of fused-ring (bicyclic) bond motifs is 1. The zero-order valence-corrected chi connectivity index (χ0v) is 13.4. The van der Waals surface area contributed by atoms with Gasteiger partial charge in [0.25, 0.3) is 0 Å². The molecule has 0 radical (unpaired) electrons. The Kier molecular flexibility index (Phi) is 4.02. The lowest BCUT2D eigenvalue weighted by Gasteiger charge is -2.10. The van der Waals surface area contributed by atoms with Gasteiger partial charge < -0.3 is 5.32 Å². The van der Waals surface area contributed by atoms with Gasteiger partial charge in [-0.15, -0.1) is 0 Å². The van der Waals surface area contributed by atoms with Gasteiger partial charge >= 0.3 is 0 Å². The number of hydrogen-bond donors (Lipinski definition) is 1. The monoisotopic (exact) mass is 306 g/mol. The second-order valence-electron chi connectivity index (χ2n) is 5.49. The molecule has 3 aromatic rings. The molecule has 0 fully saturated rings. The quantitative estimate of drug-likeness (QED) is 0.804. The first kappa shape index (κ1) is 15.1. The first-order valence-corrected chi connectivity index (χ1v) is 7.57. The van der Waals surface area contributed by atoms with Crippen molar-refractivity contribution in [3.05, 3.63) is 48.0 Å². The van der Waals surface area contributed by atoms with Gasteiger partial charge in [0.2, 0.25) is 5.91 Å². The molecule has 116 valence electrons. The van der Waals surface area contributed by atoms with E-state index in [4.69, 9.17) is 0 Å². The van der Waals surface area contributed by atoms with Gasteiger partial charge in [0, 0.05) is 42.4 Å². The number of nitrogens with one attached hydrogen (secondary N) is 1.